The van der Waals surface area contributed by atoms with E-state index in [1.54, 1.807) is 0 Å². The predicted molar refractivity (Wildman–Crippen MR) is 217 cm³/mol. The number of hydrogen-bond donors (Lipinski definition) is 1. The zero-order valence-electron chi connectivity index (χ0n) is 33.4. The Bertz CT molecular complexity index is 706. The maximum absolute atomic E-state index is 13.0. The summed E-state index contributed by atoms with van der Waals surface area (Å²) in [7, 11) is 0. The number of rotatable bonds is 41. The van der Waals surface area contributed by atoms with E-state index in [4.69, 9.17) is 9.84 Å². The molecule has 0 heterocycles. The summed E-state index contributed by atoms with van der Waals surface area (Å²) in [4.78, 5) is 36.0. The molecule has 1 N–H and O–H groups in total. The van der Waals surface area contributed by atoms with Crippen molar-refractivity contribution in [2.24, 2.45) is 5.92 Å². The summed E-state index contributed by atoms with van der Waals surface area (Å²) in [6, 6.07) is 0. The first kappa shape index (κ1) is 49.0. The molecular weight excluding hydrogens is 641 g/mol. The van der Waals surface area contributed by atoms with E-state index < -0.39 is 11.9 Å². The third-order valence-corrected chi connectivity index (χ3v) is 11.3. The van der Waals surface area contributed by atoms with Crippen molar-refractivity contribution >= 4 is 29.7 Å². The number of aliphatic carboxylic acids is 1. The van der Waals surface area contributed by atoms with Crippen molar-refractivity contribution in [1.82, 2.24) is 0 Å². The molecule has 0 aromatic carbocycles. The van der Waals surface area contributed by atoms with Gasteiger partial charge < -0.3 is 9.84 Å². The van der Waals surface area contributed by atoms with Gasteiger partial charge in [0.25, 0.3) is 0 Å². The number of thioether (sulfide) groups is 1. The summed E-state index contributed by atoms with van der Waals surface area (Å²) >= 11 is 1.42. The Morgan fingerprint density at radius 2 is 0.720 bits per heavy atom. The highest BCUT2D eigenvalue weighted by molar-refractivity contribution is 7.99. The lowest BCUT2D eigenvalue weighted by Gasteiger charge is -2.15. The lowest BCUT2D eigenvalue weighted by atomic mass is 9.94. The van der Waals surface area contributed by atoms with E-state index in [1.807, 2.05) is 0 Å². The van der Waals surface area contributed by atoms with Crippen molar-refractivity contribution in [3.63, 3.8) is 0 Å². The third-order valence-electron chi connectivity index (χ3n) is 10.3. The lowest BCUT2D eigenvalue weighted by molar-refractivity contribution is -0.162. The number of unbranched alkanes of at least 4 members (excludes halogenated alkanes) is 30. The van der Waals surface area contributed by atoms with Gasteiger partial charge in [0.2, 0.25) is 0 Å². The fourth-order valence-corrected chi connectivity index (χ4v) is 7.76. The predicted octanol–water partition coefficient (Wildman–Crippen LogP) is 14.6. The van der Waals surface area contributed by atoms with Crippen molar-refractivity contribution in [1.29, 1.82) is 0 Å². The molecule has 0 aliphatic heterocycles. The van der Waals surface area contributed by atoms with E-state index in [1.165, 1.54) is 192 Å². The molecular formula is C44H84O5S. The van der Waals surface area contributed by atoms with Crippen LogP contribution in [0.5, 0.6) is 0 Å². The van der Waals surface area contributed by atoms with E-state index in [2.05, 4.69) is 13.8 Å². The minimum atomic E-state index is -0.832. The van der Waals surface area contributed by atoms with Gasteiger partial charge in [-0.2, -0.15) is 11.8 Å². The maximum Gasteiger partial charge on any atom is 0.316 e. The zero-order chi connectivity index (χ0) is 36.6. The quantitative estimate of drug-likeness (QED) is 0.0384. The van der Waals surface area contributed by atoms with Crippen molar-refractivity contribution in [3.05, 3.63) is 0 Å². The molecule has 0 rings (SSSR count). The fraction of sp³-hybridized carbons (Fsp3) is 0.932. The van der Waals surface area contributed by atoms with Crippen LogP contribution in [0.25, 0.3) is 0 Å². The molecule has 50 heavy (non-hydrogen) atoms. The van der Waals surface area contributed by atoms with Crippen LogP contribution >= 0.6 is 11.8 Å². The number of carboxylic acids is 1. The lowest BCUT2D eigenvalue weighted by Crippen LogP contribution is -2.22. The Kier molecular flexibility index (Phi) is 39.9. The van der Waals surface area contributed by atoms with Crippen LogP contribution in [0, 0.1) is 5.92 Å². The van der Waals surface area contributed by atoms with Crippen LogP contribution in [0.1, 0.15) is 245 Å². The average molecular weight is 725 g/mol. The summed E-state index contributed by atoms with van der Waals surface area (Å²) in [5.41, 5.74) is 0. The van der Waals surface area contributed by atoms with E-state index in [-0.39, 0.29) is 24.7 Å². The minimum Gasteiger partial charge on any atom is -0.481 e. The molecule has 0 radical (unpaired) electrons. The Labute approximate surface area is 315 Å². The summed E-state index contributed by atoms with van der Waals surface area (Å²) in [5, 5.41) is 8.77. The average Bonchev–Trinajstić information content (AvgIpc) is 3.09. The van der Waals surface area contributed by atoms with Gasteiger partial charge in [0.1, 0.15) is 0 Å². The molecule has 0 aliphatic rings. The van der Waals surface area contributed by atoms with Gasteiger partial charge in [-0.05, 0) is 12.8 Å². The first-order valence-corrected chi connectivity index (χ1v) is 23.2. The standard InChI is InChI=1S/C44H84O5S/c1-3-5-7-9-11-13-15-17-19-21-23-25-27-29-31-33-35-41(44(48)49-43(47)38-40-50-39-37-42(45)46)36-34-32-30-28-26-24-22-20-18-16-14-12-10-8-6-4-2/h41H,3-40H2,1-2H3,(H,45,46). The fourth-order valence-electron chi connectivity index (χ4n) is 6.92. The Morgan fingerprint density at radius 3 is 1.02 bits per heavy atom. The monoisotopic (exact) mass is 725 g/mol. The highest BCUT2D eigenvalue weighted by atomic mass is 32.2. The van der Waals surface area contributed by atoms with Crippen LogP contribution < -0.4 is 0 Å². The maximum atomic E-state index is 13.0. The molecule has 0 fully saturated rings. The number of carboxylic acid groups (broad SMARTS) is 1. The molecule has 0 spiro atoms. The van der Waals surface area contributed by atoms with Crippen molar-refractivity contribution < 1.29 is 24.2 Å². The van der Waals surface area contributed by atoms with Crippen molar-refractivity contribution in [2.75, 3.05) is 11.5 Å². The first-order valence-electron chi connectivity index (χ1n) is 22.0. The number of carbonyl (C=O) groups is 3. The summed E-state index contributed by atoms with van der Waals surface area (Å²) in [5.74, 6) is -0.868. The molecule has 0 bridgehead atoms. The number of hydrogen-bond acceptors (Lipinski definition) is 5. The second-order valence-electron chi connectivity index (χ2n) is 15.2. The molecule has 296 valence electrons. The normalized spacial score (nSPS) is 11.4. The SMILES string of the molecule is CCCCCCCCCCCCCCCCCCC(CCCCCCCCCCCCCCCCCC)C(=O)OC(=O)CCSCCC(=O)O. The summed E-state index contributed by atoms with van der Waals surface area (Å²) in [6.07, 6.45) is 44.5. The van der Waals surface area contributed by atoms with Crippen LogP contribution in [-0.2, 0) is 19.1 Å². The third kappa shape index (κ3) is 38.2. The molecule has 0 aliphatic carbocycles. The second-order valence-corrected chi connectivity index (χ2v) is 16.4. The Balaban J connectivity index is 4.11. The van der Waals surface area contributed by atoms with Crippen LogP contribution in [0.15, 0.2) is 0 Å². The number of carbonyl (C=O) groups excluding carboxylic acids is 2. The molecule has 0 aromatic heterocycles. The van der Waals surface area contributed by atoms with Crippen molar-refractivity contribution in [2.45, 2.75) is 245 Å². The van der Waals surface area contributed by atoms with Crippen LogP contribution in [-0.4, -0.2) is 34.5 Å². The Morgan fingerprint density at radius 1 is 0.440 bits per heavy atom. The van der Waals surface area contributed by atoms with Gasteiger partial charge >= 0.3 is 17.9 Å². The highest BCUT2D eigenvalue weighted by Gasteiger charge is 2.22. The molecule has 0 saturated heterocycles. The second kappa shape index (κ2) is 40.7. The summed E-state index contributed by atoms with van der Waals surface area (Å²) < 4.78 is 5.29. The van der Waals surface area contributed by atoms with E-state index in [9.17, 15) is 14.4 Å². The van der Waals surface area contributed by atoms with Gasteiger partial charge in [0, 0.05) is 11.5 Å². The van der Waals surface area contributed by atoms with Gasteiger partial charge in [-0.25, -0.2) is 0 Å². The van der Waals surface area contributed by atoms with Gasteiger partial charge in [-0.1, -0.05) is 219 Å². The number of esters is 2. The molecule has 6 heteroatoms. The van der Waals surface area contributed by atoms with Gasteiger partial charge in [0.05, 0.1) is 18.8 Å². The van der Waals surface area contributed by atoms with Gasteiger partial charge in [-0.3, -0.25) is 14.4 Å². The minimum absolute atomic E-state index is 0.0827. The number of ether oxygens (including phenoxy) is 1. The van der Waals surface area contributed by atoms with Gasteiger partial charge in [-0.15, -0.1) is 0 Å². The van der Waals surface area contributed by atoms with E-state index >= 15 is 0 Å². The molecule has 5 nitrogen and oxygen atoms in total. The Hall–Kier alpha value is -1.04. The summed E-state index contributed by atoms with van der Waals surface area (Å²) in [6.45, 7) is 4.56. The highest BCUT2D eigenvalue weighted by Crippen LogP contribution is 2.22. The van der Waals surface area contributed by atoms with Crippen molar-refractivity contribution in [3.8, 4) is 0 Å². The molecule has 0 atom stereocenters. The van der Waals surface area contributed by atoms with Crippen LogP contribution in [0.2, 0.25) is 0 Å². The molecule has 0 unspecified atom stereocenters. The first-order chi connectivity index (χ1) is 24.5. The van der Waals surface area contributed by atoms with Crippen LogP contribution in [0.4, 0.5) is 0 Å². The van der Waals surface area contributed by atoms with Crippen LogP contribution in [0.3, 0.4) is 0 Å². The van der Waals surface area contributed by atoms with E-state index in [0.717, 1.165) is 38.5 Å². The molecule has 0 amide bonds. The van der Waals surface area contributed by atoms with Gasteiger partial charge in [0.15, 0.2) is 0 Å². The largest absolute Gasteiger partial charge is 0.481 e. The topological polar surface area (TPSA) is 80.7 Å². The molecule has 0 aromatic rings. The molecule has 0 saturated carbocycles. The zero-order valence-corrected chi connectivity index (χ0v) is 34.3. The smallest absolute Gasteiger partial charge is 0.316 e. The van der Waals surface area contributed by atoms with E-state index in [0.29, 0.717) is 11.5 Å².